The van der Waals surface area contributed by atoms with Crippen molar-refractivity contribution < 1.29 is 72.5 Å². The maximum atomic E-state index is 13.6. The molecule has 0 radical (unpaired) electrons. The second-order valence-electron chi connectivity index (χ2n) is 15.7. The van der Waals surface area contributed by atoms with Gasteiger partial charge in [-0.15, -0.1) is 20.4 Å². The van der Waals surface area contributed by atoms with Gasteiger partial charge >= 0.3 is 24.7 Å². The van der Waals surface area contributed by atoms with Gasteiger partial charge < -0.3 is 20.0 Å². The van der Waals surface area contributed by atoms with E-state index in [0.29, 0.717) is 63.0 Å². The molecule has 2 aromatic rings. The zero-order valence-electron chi connectivity index (χ0n) is 32.1. The standard InChI is InChI=1S/2C19H18F6N4O2/c2*20-18(21,22)12-1-2-13(28-27-12)29-5-3-9(4-6-29)16-14-10(8-26-16)7-11(30)17(31)15(14)19(23,24)25/h2*1-2,9,15,17,31H,3-8H2/t2*15-,17+/m10/s1. The van der Waals surface area contributed by atoms with Gasteiger partial charge in [0.15, 0.2) is 34.6 Å². The Hall–Kier alpha value is -5.00. The molecule has 4 atom stereocenters. The Morgan fingerprint density at radius 1 is 0.516 bits per heavy atom. The van der Waals surface area contributed by atoms with Crippen molar-refractivity contribution in [2.75, 3.05) is 49.1 Å². The highest BCUT2D eigenvalue weighted by Crippen LogP contribution is 2.47. The number of alkyl halides is 12. The molecule has 2 saturated heterocycles. The minimum absolute atomic E-state index is 0.0142. The zero-order valence-corrected chi connectivity index (χ0v) is 32.1. The maximum absolute atomic E-state index is 13.6. The number of aliphatic imine (C=N–C) groups is 2. The van der Waals surface area contributed by atoms with Crippen LogP contribution in [0.5, 0.6) is 0 Å². The third-order valence-electron chi connectivity index (χ3n) is 11.9. The first kappa shape index (κ1) is 45.0. The Labute approximate surface area is 343 Å². The lowest BCUT2D eigenvalue weighted by Crippen LogP contribution is -2.46. The summed E-state index contributed by atoms with van der Waals surface area (Å²) in [6, 6.07) is 4.10. The van der Waals surface area contributed by atoms with Crippen molar-refractivity contribution in [1.29, 1.82) is 0 Å². The van der Waals surface area contributed by atoms with Crippen LogP contribution >= 0.6 is 0 Å². The fourth-order valence-corrected chi connectivity index (χ4v) is 8.88. The lowest BCUT2D eigenvalue weighted by Gasteiger charge is -2.36. The van der Waals surface area contributed by atoms with Gasteiger partial charge in [-0.2, -0.15) is 52.7 Å². The summed E-state index contributed by atoms with van der Waals surface area (Å²) in [5, 5.41) is 33.5. The van der Waals surface area contributed by atoms with Crippen LogP contribution in [0.15, 0.2) is 56.5 Å². The third-order valence-corrected chi connectivity index (χ3v) is 11.9. The van der Waals surface area contributed by atoms with E-state index in [1.165, 1.54) is 12.1 Å². The van der Waals surface area contributed by atoms with Crippen molar-refractivity contribution in [3.63, 3.8) is 0 Å². The number of rotatable bonds is 4. The van der Waals surface area contributed by atoms with E-state index in [9.17, 15) is 72.5 Å². The molecule has 4 aliphatic heterocycles. The maximum Gasteiger partial charge on any atom is 0.435 e. The molecular weight excluding hydrogens is 860 g/mol. The summed E-state index contributed by atoms with van der Waals surface area (Å²) in [5.41, 5.74) is -1.15. The molecule has 62 heavy (non-hydrogen) atoms. The highest BCUT2D eigenvalue weighted by molar-refractivity contribution is 6.09. The van der Waals surface area contributed by atoms with Crippen LogP contribution in [0.3, 0.4) is 0 Å². The van der Waals surface area contributed by atoms with Crippen molar-refractivity contribution in [1.82, 2.24) is 20.4 Å². The summed E-state index contributed by atoms with van der Waals surface area (Å²) >= 11 is 0. The molecule has 2 aromatic heterocycles. The van der Waals surface area contributed by atoms with Gasteiger partial charge in [-0.3, -0.25) is 19.6 Å². The molecule has 6 heterocycles. The Kier molecular flexibility index (Phi) is 12.1. The first-order valence-electron chi connectivity index (χ1n) is 19.3. The van der Waals surface area contributed by atoms with E-state index in [1.54, 1.807) is 9.80 Å². The van der Waals surface area contributed by atoms with Crippen molar-refractivity contribution in [2.24, 2.45) is 33.7 Å². The molecule has 0 amide bonds. The molecule has 2 N–H and O–H groups in total. The van der Waals surface area contributed by atoms with Crippen molar-refractivity contribution in [2.45, 2.75) is 75.4 Å². The average molecular weight is 897 g/mol. The average Bonchev–Trinajstić information content (AvgIpc) is 3.81. The molecule has 0 spiro atoms. The molecule has 2 aliphatic carbocycles. The van der Waals surface area contributed by atoms with E-state index >= 15 is 0 Å². The Morgan fingerprint density at radius 2 is 0.855 bits per heavy atom. The summed E-state index contributed by atoms with van der Waals surface area (Å²) in [4.78, 5) is 35.7. The van der Waals surface area contributed by atoms with Crippen LogP contribution in [0.2, 0.25) is 0 Å². The molecule has 2 fully saturated rings. The van der Waals surface area contributed by atoms with Crippen LogP contribution in [0.1, 0.15) is 49.9 Å². The second-order valence-corrected chi connectivity index (χ2v) is 15.7. The summed E-state index contributed by atoms with van der Waals surface area (Å²) in [6.07, 6.45) is -21.9. The molecule has 24 heteroatoms. The van der Waals surface area contributed by atoms with Crippen LogP contribution < -0.4 is 9.80 Å². The quantitative estimate of drug-likeness (QED) is 0.352. The normalized spacial score (nSPS) is 25.7. The number of ketones is 2. The van der Waals surface area contributed by atoms with Gasteiger partial charge in [0.25, 0.3) is 0 Å². The highest BCUT2D eigenvalue weighted by Gasteiger charge is 2.56. The largest absolute Gasteiger partial charge is 0.435 e. The number of hydrogen-bond acceptors (Lipinski definition) is 12. The fraction of sp³-hybridized carbons (Fsp3) is 0.579. The van der Waals surface area contributed by atoms with Gasteiger partial charge in [0.05, 0.1) is 13.1 Å². The zero-order chi connectivity index (χ0) is 45.1. The Balaban J connectivity index is 0.000000186. The Morgan fingerprint density at radius 3 is 1.13 bits per heavy atom. The van der Waals surface area contributed by atoms with Gasteiger partial charge in [0.1, 0.15) is 24.0 Å². The van der Waals surface area contributed by atoms with E-state index in [0.717, 1.165) is 12.1 Å². The number of aliphatic hydroxyl groups is 2. The number of nitrogens with zero attached hydrogens (tertiary/aromatic N) is 8. The van der Waals surface area contributed by atoms with Crippen LogP contribution in [0.25, 0.3) is 0 Å². The first-order valence-corrected chi connectivity index (χ1v) is 19.3. The lowest BCUT2D eigenvalue weighted by molar-refractivity contribution is -0.191. The number of aliphatic hydroxyl groups excluding tert-OH is 2. The molecule has 0 bridgehead atoms. The summed E-state index contributed by atoms with van der Waals surface area (Å²) in [5.74, 6) is -6.36. The topological polar surface area (TPSA) is 157 Å². The predicted molar refractivity (Wildman–Crippen MR) is 193 cm³/mol. The highest BCUT2D eigenvalue weighted by atomic mass is 19.4. The van der Waals surface area contributed by atoms with Crippen LogP contribution in [-0.2, 0) is 21.9 Å². The van der Waals surface area contributed by atoms with Crippen molar-refractivity contribution >= 4 is 34.6 Å². The van der Waals surface area contributed by atoms with Crippen LogP contribution in [0, 0.1) is 23.7 Å². The van der Waals surface area contributed by atoms with Crippen LogP contribution in [0.4, 0.5) is 64.3 Å². The second kappa shape index (κ2) is 16.6. The van der Waals surface area contributed by atoms with Crippen molar-refractivity contribution in [3.8, 4) is 0 Å². The van der Waals surface area contributed by atoms with Gasteiger partial charge in [-0.05, 0) is 72.2 Å². The van der Waals surface area contributed by atoms with Crippen LogP contribution in [-0.4, -0.2) is 117 Å². The summed E-state index contributed by atoms with van der Waals surface area (Å²) in [7, 11) is 0. The SMILES string of the molecule is O=C1CC2=C(C(C3CCN(c4ccc(C(F)(F)F)nn4)CC3)=NC2)[C@@H](C(F)(F)F)[C@H]1O.O=C1CC2=C(C(C3CCN(c4ccc(C(F)(F)F)nn4)CC3)=NC2)[C@H](C(F)(F)F)[C@@H]1O. The molecular formula is C38H36F12N8O4. The number of piperidine rings is 2. The predicted octanol–water partition coefficient (Wildman–Crippen LogP) is 5.95. The molecule has 8 rings (SSSR count). The van der Waals surface area contributed by atoms with E-state index in [2.05, 4.69) is 30.4 Å². The number of halogens is 12. The van der Waals surface area contributed by atoms with Gasteiger partial charge in [0.2, 0.25) is 0 Å². The van der Waals surface area contributed by atoms with E-state index < -0.39 is 71.7 Å². The van der Waals surface area contributed by atoms with Crippen molar-refractivity contribution in [3.05, 3.63) is 57.9 Å². The number of carbonyl (C=O) groups is 2. The fourth-order valence-electron chi connectivity index (χ4n) is 8.88. The molecule has 0 aromatic carbocycles. The molecule has 12 nitrogen and oxygen atoms in total. The monoisotopic (exact) mass is 896 g/mol. The van der Waals surface area contributed by atoms with E-state index in [-0.39, 0.29) is 72.0 Å². The summed E-state index contributed by atoms with van der Waals surface area (Å²) in [6.45, 7) is 1.44. The molecule has 0 unspecified atom stereocenters. The third kappa shape index (κ3) is 9.07. The first-order chi connectivity index (χ1) is 28.9. The summed E-state index contributed by atoms with van der Waals surface area (Å²) < 4.78 is 158. The molecule has 336 valence electrons. The number of anilines is 2. The van der Waals surface area contributed by atoms with Gasteiger partial charge in [0, 0.05) is 62.3 Å². The number of hydrogen-bond donors (Lipinski definition) is 2. The molecule has 0 saturated carbocycles. The number of Topliss-reactive ketones (excluding diaryl/α,β-unsaturated/α-hetero) is 2. The number of carbonyl (C=O) groups excluding carboxylic acids is 2. The lowest BCUT2D eigenvalue weighted by atomic mass is 9.74. The number of aromatic nitrogens is 4. The van der Waals surface area contributed by atoms with Gasteiger partial charge in [-0.1, -0.05) is 0 Å². The smallest absolute Gasteiger partial charge is 0.384 e. The van der Waals surface area contributed by atoms with E-state index in [1.807, 2.05) is 0 Å². The molecule has 6 aliphatic rings. The van der Waals surface area contributed by atoms with Gasteiger partial charge in [-0.25, -0.2) is 0 Å². The minimum atomic E-state index is -4.78. The van der Waals surface area contributed by atoms with E-state index in [4.69, 9.17) is 0 Å². The Bertz CT molecular complexity index is 2010. The minimum Gasteiger partial charge on any atom is -0.384 e.